The van der Waals surface area contributed by atoms with Crippen molar-refractivity contribution in [3.63, 3.8) is 0 Å². The van der Waals surface area contributed by atoms with Gasteiger partial charge in [-0.25, -0.2) is 0 Å². The zero-order valence-corrected chi connectivity index (χ0v) is 17.4. The van der Waals surface area contributed by atoms with Crippen molar-refractivity contribution in [3.8, 4) is 5.69 Å². The van der Waals surface area contributed by atoms with E-state index in [2.05, 4.69) is 41.5 Å². The van der Waals surface area contributed by atoms with E-state index < -0.39 is 4.92 Å². The van der Waals surface area contributed by atoms with Gasteiger partial charge in [-0.1, -0.05) is 26.0 Å². The van der Waals surface area contributed by atoms with Crippen LogP contribution in [0.5, 0.6) is 0 Å². The minimum absolute atomic E-state index is 0.0628. The fraction of sp³-hybridized carbons (Fsp3) is 0.174. The fourth-order valence-electron chi connectivity index (χ4n) is 3.24. The molecule has 0 unspecified atom stereocenters. The second kappa shape index (κ2) is 7.98. The van der Waals surface area contributed by atoms with Gasteiger partial charge in [-0.3, -0.25) is 14.9 Å². The Labute approximate surface area is 178 Å². The summed E-state index contributed by atoms with van der Waals surface area (Å²) in [6, 6.07) is 17.2. The van der Waals surface area contributed by atoms with Gasteiger partial charge in [0.15, 0.2) is 0 Å². The SMILES string of the molecule is Cc1cc2nn(-c3ccc(C(C)C)cc3)nc2cc1NC(=O)c1ccc([N+](=O)[O-])cc1. The zero-order valence-electron chi connectivity index (χ0n) is 17.4. The molecule has 0 fully saturated rings. The number of nitrogens with one attached hydrogen (secondary N) is 1. The number of hydrogen-bond acceptors (Lipinski definition) is 5. The van der Waals surface area contributed by atoms with E-state index >= 15 is 0 Å². The van der Waals surface area contributed by atoms with E-state index in [1.54, 1.807) is 10.9 Å². The van der Waals surface area contributed by atoms with Crippen LogP contribution in [-0.4, -0.2) is 25.8 Å². The van der Waals surface area contributed by atoms with E-state index in [1.807, 2.05) is 25.1 Å². The standard InChI is InChI=1S/C23H21N5O3/c1-14(2)16-4-8-18(9-5-16)27-25-21-12-15(3)20(13-22(21)26-27)24-23(29)17-6-10-19(11-7-17)28(30)31/h4-14H,1-3H3,(H,24,29). The van der Waals surface area contributed by atoms with Crippen molar-refractivity contribution in [2.24, 2.45) is 0 Å². The van der Waals surface area contributed by atoms with Crippen molar-refractivity contribution in [1.82, 2.24) is 15.0 Å². The predicted octanol–water partition coefficient (Wildman–Crippen LogP) is 5.01. The minimum atomic E-state index is -0.501. The average molecular weight is 415 g/mol. The lowest BCUT2D eigenvalue weighted by atomic mass is 10.0. The number of rotatable bonds is 5. The number of aryl methyl sites for hydroxylation is 1. The molecule has 1 aromatic heterocycles. The molecule has 8 nitrogen and oxygen atoms in total. The van der Waals surface area contributed by atoms with Crippen LogP contribution < -0.4 is 5.32 Å². The van der Waals surface area contributed by atoms with Crippen LogP contribution >= 0.6 is 0 Å². The number of nitrogens with zero attached hydrogens (tertiary/aromatic N) is 4. The van der Waals surface area contributed by atoms with Crippen LogP contribution in [0.15, 0.2) is 60.7 Å². The molecule has 0 radical (unpaired) electrons. The number of nitro benzene ring substituents is 1. The maximum absolute atomic E-state index is 12.6. The number of fused-ring (bicyclic) bond motifs is 1. The third-order valence-electron chi connectivity index (χ3n) is 5.11. The molecule has 0 saturated carbocycles. The van der Waals surface area contributed by atoms with Crippen LogP contribution in [0, 0.1) is 17.0 Å². The summed E-state index contributed by atoms with van der Waals surface area (Å²) >= 11 is 0. The Bertz CT molecular complexity index is 1280. The Morgan fingerprint density at radius 3 is 2.19 bits per heavy atom. The van der Waals surface area contributed by atoms with Crippen molar-refractivity contribution >= 4 is 28.3 Å². The molecular weight excluding hydrogens is 394 g/mol. The van der Waals surface area contributed by atoms with Gasteiger partial charge in [0.1, 0.15) is 11.0 Å². The van der Waals surface area contributed by atoms with Gasteiger partial charge in [0.25, 0.3) is 11.6 Å². The van der Waals surface area contributed by atoms with E-state index in [9.17, 15) is 14.9 Å². The van der Waals surface area contributed by atoms with E-state index in [-0.39, 0.29) is 11.6 Å². The number of anilines is 1. The Morgan fingerprint density at radius 2 is 1.61 bits per heavy atom. The molecule has 0 aliphatic rings. The van der Waals surface area contributed by atoms with Crippen molar-refractivity contribution in [2.75, 3.05) is 5.32 Å². The molecule has 0 saturated heterocycles. The first-order chi connectivity index (χ1) is 14.8. The maximum Gasteiger partial charge on any atom is 0.269 e. The first kappa shape index (κ1) is 20.2. The Kier molecular flexibility index (Phi) is 5.21. The fourth-order valence-corrected chi connectivity index (χ4v) is 3.24. The highest BCUT2D eigenvalue weighted by molar-refractivity contribution is 6.05. The molecule has 1 N–H and O–H groups in total. The molecule has 156 valence electrons. The van der Waals surface area contributed by atoms with E-state index in [4.69, 9.17) is 0 Å². The lowest BCUT2D eigenvalue weighted by Gasteiger charge is -2.08. The summed E-state index contributed by atoms with van der Waals surface area (Å²) in [5.74, 6) is 0.0947. The van der Waals surface area contributed by atoms with Gasteiger partial charge in [-0.05, 0) is 60.4 Å². The summed E-state index contributed by atoms with van der Waals surface area (Å²) in [6.07, 6.45) is 0. The Morgan fingerprint density at radius 1 is 1.00 bits per heavy atom. The maximum atomic E-state index is 12.6. The largest absolute Gasteiger partial charge is 0.322 e. The lowest BCUT2D eigenvalue weighted by Crippen LogP contribution is -2.12. The lowest BCUT2D eigenvalue weighted by molar-refractivity contribution is -0.384. The monoisotopic (exact) mass is 415 g/mol. The summed E-state index contributed by atoms with van der Waals surface area (Å²) < 4.78 is 0. The van der Waals surface area contributed by atoms with Crippen molar-refractivity contribution < 1.29 is 9.72 Å². The molecule has 0 aliphatic heterocycles. The third kappa shape index (κ3) is 4.13. The van der Waals surface area contributed by atoms with E-state index in [1.165, 1.54) is 29.8 Å². The summed E-state index contributed by atoms with van der Waals surface area (Å²) in [5, 5.41) is 22.7. The number of carbonyl (C=O) groups is 1. The highest BCUT2D eigenvalue weighted by Crippen LogP contribution is 2.24. The number of nitro groups is 1. The molecule has 0 spiro atoms. The molecule has 0 atom stereocenters. The Hall–Kier alpha value is -4.07. The van der Waals surface area contributed by atoms with Gasteiger partial charge in [0.2, 0.25) is 0 Å². The molecule has 4 aromatic rings. The van der Waals surface area contributed by atoms with Crippen LogP contribution in [0.3, 0.4) is 0 Å². The molecule has 1 amide bonds. The molecular formula is C23H21N5O3. The van der Waals surface area contributed by atoms with E-state index in [0.717, 1.165) is 16.8 Å². The van der Waals surface area contributed by atoms with Crippen LogP contribution in [0.4, 0.5) is 11.4 Å². The first-order valence-corrected chi connectivity index (χ1v) is 9.85. The van der Waals surface area contributed by atoms with Gasteiger partial charge in [-0.15, -0.1) is 10.2 Å². The second-order valence-corrected chi connectivity index (χ2v) is 7.65. The van der Waals surface area contributed by atoms with Crippen molar-refractivity contribution in [1.29, 1.82) is 0 Å². The summed E-state index contributed by atoms with van der Waals surface area (Å²) in [5.41, 5.74) is 5.19. The normalized spacial score (nSPS) is 11.1. The number of non-ortho nitro benzene ring substituents is 1. The molecule has 3 aromatic carbocycles. The van der Waals surface area contributed by atoms with Crippen LogP contribution in [0.2, 0.25) is 0 Å². The summed E-state index contributed by atoms with van der Waals surface area (Å²) in [7, 11) is 0. The summed E-state index contributed by atoms with van der Waals surface area (Å²) in [6.45, 7) is 6.16. The van der Waals surface area contributed by atoms with E-state index in [0.29, 0.717) is 22.7 Å². The number of carbonyl (C=O) groups excluding carboxylic acids is 1. The van der Waals surface area contributed by atoms with Gasteiger partial charge in [-0.2, -0.15) is 4.80 Å². The molecule has 4 rings (SSSR count). The molecule has 0 aliphatic carbocycles. The topological polar surface area (TPSA) is 103 Å². The highest BCUT2D eigenvalue weighted by atomic mass is 16.6. The van der Waals surface area contributed by atoms with Crippen LogP contribution in [0.25, 0.3) is 16.7 Å². The minimum Gasteiger partial charge on any atom is -0.322 e. The van der Waals surface area contributed by atoms with Gasteiger partial charge < -0.3 is 5.32 Å². The highest BCUT2D eigenvalue weighted by Gasteiger charge is 2.13. The predicted molar refractivity (Wildman–Crippen MR) is 119 cm³/mol. The van der Waals surface area contributed by atoms with Crippen molar-refractivity contribution in [2.45, 2.75) is 26.7 Å². The van der Waals surface area contributed by atoms with Crippen LogP contribution in [0.1, 0.15) is 41.3 Å². The average Bonchev–Trinajstić information content (AvgIpc) is 3.16. The number of aromatic nitrogens is 3. The third-order valence-corrected chi connectivity index (χ3v) is 5.11. The smallest absolute Gasteiger partial charge is 0.269 e. The molecule has 31 heavy (non-hydrogen) atoms. The van der Waals surface area contributed by atoms with Crippen molar-refractivity contribution in [3.05, 3.63) is 87.5 Å². The molecule has 1 heterocycles. The number of hydrogen-bond donors (Lipinski definition) is 1. The summed E-state index contributed by atoms with van der Waals surface area (Å²) in [4.78, 5) is 24.4. The second-order valence-electron chi connectivity index (χ2n) is 7.65. The first-order valence-electron chi connectivity index (χ1n) is 9.85. The quantitative estimate of drug-likeness (QED) is 0.364. The van der Waals surface area contributed by atoms with Gasteiger partial charge >= 0.3 is 0 Å². The van der Waals surface area contributed by atoms with Crippen LogP contribution in [-0.2, 0) is 0 Å². The van der Waals surface area contributed by atoms with Gasteiger partial charge in [0.05, 0.1) is 10.6 Å². The number of amides is 1. The number of benzene rings is 3. The molecule has 8 heteroatoms. The zero-order chi connectivity index (χ0) is 22.1. The van der Waals surface area contributed by atoms with Gasteiger partial charge in [0, 0.05) is 23.4 Å². The molecule has 0 bridgehead atoms. The Balaban J connectivity index is 1.59.